The van der Waals surface area contributed by atoms with Gasteiger partial charge in [0.1, 0.15) is 5.75 Å². The van der Waals surface area contributed by atoms with Crippen LogP contribution in [-0.2, 0) is 14.6 Å². The first-order valence-electron chi connectivity index (χ1n) is 10.4. The fraction of sp³-hybridized carbons (Fsp3) is 0.130. The predicted molar refractivity (Wildman–Crippen MR) is 136 cm³/mol. The number of halogens is 3. The van der Waals surface area contributed by atoms with Gasteiger partial charge in [0.15, 0.2) is 15.0 Å². The molecule has 2 aromatic heterocycles. The number of methoxy groups -OCH3 is 1. The lowest BCUT2D eigenvalue weighted by Gasteiger charge is -2.17. The minimum Gasteiger partial charge on any atom is -0.495 e. The number of rotatable bonds is 7. The third kappa shape index (κ3) is 5.66. The van der Waals surface area contributed by atoms with Gasteiger partial charge in [0.25, 0.3) is 17.8 Å². The molecule has 1 N–H and O–H groups in total. The number of ether oxygens (including phenoxy) is 1. The number of aromatic nitrogens is 4. The van der Waals surface area contributed by atoms with Crippen molar-refractivity contribution >= 4 is 44.6 Å². The molecule has 0 bridgehead atoms. The van der Waals surface area contributed by atoms with E-state index >= 15 is 4.39 Å². The van der Waals surface area contributed by atoms with E-state index in [0.717, 1.165) is 18.5 Å². The Bertz CT molecular complexity index is 1650. The van der Waals surface area contributed by atoms with Crippen LogP contribution in [-0.4, -0.2) is 47.3 Å². The second-order valence-electron chi connectivity index (χ2n) is 7.77. The van der Waals surface area contributed by atoms with E-state index in [9.17, 15) is 18.0 Å². The molecule has 0 aliphatic rings. The van der Waals surface area contributed by atoms with Gasteiger partial charge in [-0.05, 0) is 42.5 Å². The van der Waals surface area contributed by atoms with Crippen LogP contribution >= 0.6 is 23.2 Å². The molecular formula is C23H18Cl2FN5O5S. The molecule has 0 saturated carbocycles. The summed E-state index contributed by atoms with van der Waals surface area (Å²) in [6.07, 6.45) is 1.13. The van der Waals surface area contributed by atoms with Crippen molar-refractivity contribution in [2.75, 3.05) is 18.7 Å². The van der Waals surface area contributed by atoms with Crippen molar-refractivity contribution in [3.8, 4) is 22.6 Å². The lowest BCUT2D eigenvalue weighted by Crippen LogP contribution is -2.30. The number of amides is 1. The molecule has 0 radical (unpaired) electrons. The molecule has 14 heteroatoms. The highest BCUT2D eigenvalue weighted by molar-refractivity contribution is 7.90. The Kier molecular flexibility index (Phi) is 7.35. The molecule has 37 heavy (non-hydrogen) atoms. The molecular weight excluding hydrogens is 548 g/mol. The second kappa shape index (κ2) is 10.3. The molecule has 0 spiro atoms. The van der Waals surface area contributed by atoms with Crippen molar-refractivity contribution in [1.82, 2.24) is 19.6 Å². The zero-order valence-corrected chi connectivity index (χ0v) is 21.6. The van der Waals surface area contributed by atoms with E-state index in [2.05, 4.69) is 15.6 Å². The Hall–Kier alpha value is -3.74. The van der Waals surface area contributed by atoms with Crippen LogP contribution in [0.3, 0.4) is 0 Å². The third-order valence-electron chi connectivity index (χ3n) is 5.24. The number of nitrogens with one attached hydrogen (secondary N) is 1. The zero-order chi connectivity index (χ0) is 26.9. The van der Waals surface area contributed by atoms with Crippen molar-refractivity contribution in [3.63, 3.8) is 0 Å². The van der Waals surface area contributed by atoms with Crippen molar-refractivity contribution < 1.29 is 22.3 Å². The third-order valence-corrected chi connectivity index (χ3v) is 6.77. The molecule has 0 saturated heterocycles. The van der Waals surface area contributed by atoms with E-state index in [4.69, 9.17) is 27.9 Å². The van der Waals surface area contributed by atoms with Crippen molar-refractivity contribution in [2.24, 2.45) is 0 Å². The molecule has 10 nitrogen and oxygen atoms in total. The molecule has 2 aromatic carbocycles. The predicted octanol–water partition coefficient (Wildman–Crippen LogP) is 3.92. The molecule has 0 fully saturated rings. The number of nitrogens with zero attached hydrogens (tertiary/aromatic N) is 4. The van der Waals surface area contributed by atoms with Gasteiger partial charge in [0.05, 0.1) is 30.1 Å². The topological polar surface area (TPSA) is 125 Å². The fourth-order valence-electron chi connectivity index (χ4n) is 3.48. The van der Waals surface area contributed by atoms with Gasteiger partial charge in [-0.2, -0.15) is 0 Å². The van der Waals surface area contributed by atoms with Gasteiger partial charge in [-0.25, -0.2) is 17.5 Å². The number of benzene rings is 2. The molecule has 4 aromatic rings. The van der Waals surface area contributed by atoms with Crippen LogP contribution in [0.15, 0.2) is 70.6 Å². The molecule has 0 aliphatic heterocycles. The number of alkyl halides is 1. The van der Waals surface area contributed by atoms with Crippen molar-refractivity contribution in [1.29, 1.82) is 0 Å². The molecule has 1 unspecified atom stereocenters. The molecule has 1 amide bonds. The van der Waals surface area contributed by atoms with Crippen LogP contribution in [0, 0.1) is 0 Å². The van der Waals surface area contributed by atoms with Crippen molar-refractivity contribution in [3.05, 3.63) is 81.5 Å². The number of hydrogen-bond donors (Lipinski definition) is 1. The lowest BCUT2D eigenvalue weighted by molar-refractivity contribution is -0.123. The van der Waals surface area contributed by atoms with Gasteiger partial charge in [-0.1, -0.05) is 28.4 Å². The maximum atomic E-state index is 15.1. The summed E-state index contributed by atoms with van der Waals surface area (Å²) in [6, 6.07) is 11.1. The first-order chi connectivity index (χ1) is 17.5. The van der Waals surface area contributed by atoms with Gasteiger partial charge < -0.3 is 10.1 Å². The van der Waals surface area contributed by atoms with Crippen LogP contribution in [0.2, 0.25) is 10.2 Å². The highest BCUT2D eigenvalue weighted by Gasteiger charge is 2.24. The Morgan fingerprint density at radius 3 is 2.38 bits per heavy atom. The number of anilines is 1. The highest BCUT2D eigenvalue weighted by Crippen LogP contribution is 2.35. The van der Waals surface area contributed by atoms with Crippen LogP contribution in [0.5, 0.6) is 5.75 Å². The van der Waals surface area contributed by atoms with E-state index in [1.54, 1.807) is 18.2 Å². The lowest BCUT2D eigenvalue weighted by atomic mass is 10.0. The SMILES string of the molecule is COc1cn(C(F)C(=O)Nc2ccc(S(C)(=O)=O)cc2)c(=O)cc1-c1cc(Cl)ccc1-n1cc(Cl)nn1. The molecule has 0 aliphatic carbocycles. The summed E-state index contributed by atoms with van der Waals surface area (Å²) >= 11 is 12.1. The summed E-state index contributed by atoms with van der Waals surface area (Å²) in [4.78, 5) is 25.5. The smallest absolute Gasteiger partial charge is 0.280 e. The number of sulfone groups is 1. The van der Waals surface area contributed by atoms with Crippen LogP contribution in [0.4, 0.5) is 10.1 Å². The van der Waals surface area contributed by atoms with E-state index < -0.39 is 27.6 Å². The first kappa shape index (κ1) is 26.3. The van der Waals surface area contributed by atoms with Crippen LogP contribution in [0.25, 0.3) is 16.8 Å². The largest absolute Gasteiger partial charge is 0.495 e. The zero-order valence-electron chi connectivity index (χ0n) is 19.2. The Morgan fingerprint density at radius 1 is 1.08 bits per heavy atom. The van der Waals surface area contributed by atoms with Crippen LogP contribution in [0.1, 0.15) is 6.30 Å². The number of pyridine rings is 1. The summed E-state index contributed by atoms with van der Waals surface area (Å²) < 4.78 is 45.7. The van der Waals surface area contributed by atoms with E-state index in [0.29, 0.717) is 20.8 Å². The van der Waals surface area contributed by atoms with Gasteiger partial charge in [-0.15, -0.1) is 5.10 Å². The maximum Gasteiger partial charge on any atom is 0.280 e. The summed E-state index contributed by atoms with van der Waals surface area (Å²) in [5.74, 6) is -1.08. The highest BCUT2D eigenvalue weighted by atomic mass is 35.5. The van der Waals surface area contributed by atoms with Crippen molar-refractivity contribution in [2.45, 2.75) is 11.2 Å². The monoisotopic (exact) mass is 565 g/mol. The van der Waals surface area contributed by atoms with Gasteiger partial charge in [0.2, 0.25) is 0 Å². The fourth-order valence-corrected chi connectivity index (χ4v) is 4.41. The average molecular weight is 566 g/mol. The minimum atomic E-state index is -3.44. The van der Waals surface area contributed by atoms with Gasteiger partial charge >= 0.3 is 0 Å². The molecule has 192 valence electrons. The maximum absolute atomic E-state index is 15.1. The Labute approximate surface area is 220 Å². The number of hydrogen-bond acceptors (Lipinski definition) is 7. The summed E-state index contributed by atoms with van der Waals surface area (Å²) in [7, 11) is -2.12. The minimum absolute atomic E-state index is 0.0346. The first-order valence-corrected chi connectivity index (χ1v) is 13.1. The normalized spacial score (nSPS) is 12.2. The standard InChI is InChI=1S/C23H18Cl2FN5O5S/c1-36-19-11-30(22(26)23(33)27-14-4-6-15(7-5-14)37(2,34)35)21(32)10-17(19)16-9-13(24)3-8-18(16)31-12-20(25)28-29-31/h3-12,22H,1-2H3,(H,27,33). The Balaban J connectivity index is 1.68. The van der Waals surface area contributed by atoms with E-state index in [1.807, 2.05) is 0 Å². The molecule has 2 heterocycles. The van der Waals surface area contributed by atoms with E-state index in [-0.39, 0.29) is 27.0 Å². The Morgan fingerprint density at radius 2 is 1.78 bits per heavy atom. The van der Waals surface area contributed by atoms with Gasteiger partial charge in [0, 0.05) is 34.2 Å². The number of carbonyl (C=O) groups excluding carboxylic acids is 1. The average Bonchev–Trinajstić information content (AvgIpc) is 3.29. The summed E-state index contributed by atoms with van der Waals surface area (Å²) in [5.41, 5.74) is 0.448. The summed E-state index contributed by atoms with van der Waals surface area (Å²) in [6.45, 7) is 0. The van der Waals surface area contributed by atoms with Gasteiger partial charge in [-0.3, -0.25) is 14.2 Å². The quantitative estimate of drug-likeness (QED) is 0.360. The summed E-state index contributed by atoms with van der Waals surface area (Å²) in [5, 5.41) is 10.5. The second-order valence-corrected chi connectivity index (χ2v) is 10.6. The molecule has 1 atom stereocenters. The number of carbonyl (C=O) groups is 1. The molecule has 4 rings (SSSR count). The van der Waals surface area contributed by atoms with Crippen LogP contribution < -0.4 is 15.6 Å². The van der Waals surface area contributed by atoms with E-state index in [1.165, 1.54) is 42.3 Å².